The SMILES string of the molecule is O=C(NC(c1ccc(F)cc1)C1CCCO1)c1cnn2cccnc12. The first-order valence-corrected chi connectivity index (χ1v) is 8.18. The summed E-state index contributed by atoms with van der Waals surface area (Å²) in [6, 6.07) is 7.53. The smallest absolute Gasteiger partial charge is 0.257 e. The Morgan fingerprint density at radius 2 is 2.20 bits per heavy atom. The minimum atomic E-state index is -0.353. The number of nitrogens with zero attached hydrogens (tertiary/aromatic N) is 3. The number of halogens is 1. The molecule has 1 amide bonds. The molecule has 1 fully saturated rings. The van der Waals surface area contributed by atoms with Crippen LogP contribution >= 0.6 is 0 Å². The van der Waals surface area contributed by atoms with E-state index in [1.807, 2.05) is 0 Å². The minimum absolute atomic E-state index is 0.135. The van der Waals surface area contributed by atoms with Crippen molar-refractivity contribution in [2.75, 3.05) is 6.61 Å². The van der Waals surface area contributed by atoms with E-state index >= 15 is 0 Å². The number of fused-ring (bicyclic) bond motifs is 1. The summed E-state index contributed by atoms with van der Waals surface area (Å²) in [6.07, 6.45) is 6.49. The second-order valence-corrected chi connectivity index (χ2v) is 6.00. The fourth-order valence-corrected chi connectivity index (χ4v) is 3.13. The predicted molar refractivity (Wildman–Crippen MR) is 88.6 cm³/mol. The first-order valence-electron chi connectivity index (χ1n) is 8.18. The summed E-state index contributed by atoms with van der Waals surface area (Å²) in [7, 11) is 0. The van der Waals surface area contributed by atoms with Gasteiger partial charge in [-0.05, 0) is 36.6 Å². The van der Waals surface area contributed by atoms with E-state index < -0.39 is 0 Å². The number of hydrogen-bond acceptors (Lipinski definition) is 4. The van der Waals surface area contributed by atoms with Crippen LogP contribution in [0.2, 0.25) is 0 Å². The third-order valence-electron chi connectivity index (χ3n) is 4.38. The van der Waals surface area contributed by atoms with Gasteiger partial charge < -0.3 is 10.1 Å². The van der Waals surface area contributed by atoms with Gasteiger partial charge in [-0.15, -0.1) is 0 Å². The van der Waals surface area contributed by atoms with Crippen LogP contribution in [0, 0.1) is 5.82 Å². The summed E-state index contributed by atoms with van der Waals surface area (Å²) in [4.78, 5) is 17.0. The lowest BCUT2D eigenvalue weighted by molar-refractivity contribution is 0.0673. The Kier molecular flexibility index (Phi) is 4.15. The van der Waals surface area contributed by atoms with Crippen molar-refractivity contribution in [1.29, 1.82) is 0 Å². The molecule has 2 atom stereocenters. The van der Waals surface area contributed by atoms with Crippen LogP contribution in [0.4, 0.5) is 4.39 Å². The van der Waals surface area contributed by atoms with E-state index in [-0.39, 0.29) is 23.9 Å². The van der Waals surface area contributed by atoms with Gasteiger partial charge in [0.2, 0.25) is 0 Å². The number of carbonyl (C=O) groups excluding carboxylic acids is 1. The van der Waals surface area contributed by atoms with E-state index in [0.29, 0.717) is 17.8 Å². The van der Waals surface area contributed by atoms with Gasteiger partial charge in [-0.3, -0.25) is 4.79 Å². The third-order valence-corrected chi connectivity index (χ3v) is 4.38. The fraction of sp³-hybridized carbons (Fsp3) is 0.278. The first-order chi connectivity index (χ1) is 12.2. The highest BCUT2D eigenvalue weighted by Gasteiger charge is 2.30. The van der Waals surface area contributed by atoms with Crippen LogP contribution in [0.3, 0.4) is 0 Å². The molecule has 128 valence electrons. The van der Waals surface area contributed by atoms with Gasteiger partial charge in [0.1, 0.15) is 11.4 Å². The monoisotopic (exact) mass is 340 g/mol. The van der Waals surface area contributed by atoms with E-state index in [9.17, 15) is 9.18 Å². The largest absolute Gasteiger partial charge is 0.376 e. The van der Waals surface area contributed by atoms with Gasteiger partial charge in [0.25, 0.3) is 5.91 Å². The van der Waals surface area contributed by atoms with Crippen molar-refractivity contribution < 1.29 is 13.9 Å². The molecule has 2 unspecified atom stereocenters. The van der Waals surface area contributed by atoms with E-state index in [4.69, 9.17) is 4.74 Å². The van der Waals surface area contributed by atoms with E-state index in [0.717, 1.165) is 18.4 Å². The lowest BCUT2D eigenvalue weighted by atomic mass is 9.99. The molecule has 1 aliphatic rings. The quantitative estimate of drug-likeness (QED) is 0.792. The molecule has 7 heteroatoms. The van der Waals surface area contributed by atoms with Gasteiger partial charge in [-0.1, -0.05) is 12.1 Å². The Morgan fingerprint density at radius 1 is 1.36 bits per heavy atom. The third kappa shape index (κ3) is 3.10. The molecule has 1 aliphatic heterocycles. The Bertz CT molecular complexity index is 887. The molecule has 4 rings (SSSR count). The van der Waals surface area contributed by atoms with Gasteiger partial charge in [0, 0.05) is 19.0 Å². The summed E-state index contributed by atoms with van der Waals surface area (Å²) < 4.78 is 20.6. The number of ether oxygens (including phenoxy) is 1. The second-order valence-electron chi connectivity index (χ2n) is 6.00. The highest BCUT2D eigenvalue weighted by atomic mass is 19.1. The molecule has 1 aromatic carbocycles. The standard InChI is InChI=1S/C18H17FN4O2/c19-13-6-4-12(5-7-13)16(15-3-1-10-25-15)22-18(24)14-11-21-23-9-2-8-20-17(14)23/h2,4-9,11,15-16H,1,3,10H2,(H,22,24). The van der Waals surface area contributed by atoms with Crippen LogP contribution in [-0.2, 0) is 4.74 Å². The molecule has 0 spiro atoms. The number of amides is 1. The number of benzene rings is 1. The Morgan fingerprint density at radius 3 is 2.96 bits per heavy atom. The molecule has 3 aromatic rings. The molecule has 0 saturated carbocycles. The maximum absolute atomic E-state index is 13.2. The van der Waals surface area contributed by atoms with E-state index in [1.165, 1.54) is 18.3 Å². The molecule has 0 bridgehead atoms. The zero-order valence-corrected chi connectivity index (χ0v) is 13.4. The van der Waals surface area contributed by atoms with E-state index in [2.05, 4.69) is 15.4 Å². The molecule has 0 radical (unpaired) electrons. The molecule has 0 aliphatic carbocycles. The Labute approximate surface area is 143 Å². The number of aromatic nitrogens is 3. The average Bonchev–Trinajstić information content (AvgIpc) is 3.30. The number of carbonyl (C=O) groups is 1. The van der Waals surface area contributed by atoms with Crippen LogP contribution < -0.4 is 5.32 Å². The summed E-state index contributed by atoms with van der Waals surface area (Å²) in [6.45, 7) is 0.663. The van der Waals surface area contributed by atoms with Crippen molar-refractivity contribution in [3.05, 3.63) is 65.9 Å². The molecule has 6 nitrogen and oxygen atoms in total. The zero-order chi connectivity index (χ0) is 17.2. The maximum atomic E-state index is 13.2. The summed E-state index contributed by atoms with van der Waals surface area (Å²) >= 11 is 0. The van der Waals surface area contributed by atoms with Crippen LogP contribution in [0.1, 0.15) is 34.8 Å². The molecule has 1 saturated heterocycles. The molecule has 2 aromatic heterocycles. The predicted octanol–water partition coefficient (Wildman–Crippen LogP) is 2.52. The Balaban J connectivity index is 1.63. The van der Waals surface area contributed by atoms with Crippen molar-refractivity contribution in [2.24, 2.45) is 0 Å². The number of nitrogens with one attached hydrogen (secondary N) is 1. The van der Waals surface area contributed by atoms with Crippen LogP contribution in [0.25, 0.3) is 5.65 Å². The second kappa shape index (κ2) is 6.60. The topological polar surface area (TPSA) is 68.5 Å². The van der Waals surface area contributed by atoms with Gasteiger partial charge in [-0.2, -0.15) is 5.10 Å². The first kappa shape index (κ1) is 15.7. The normalized spacial score (nSPS) is 18.4. The molecule has 3 heterocycles. The average molecular weight is 340 g/mol. The van der Waals surface area contributed by atoms with Gasteiger partial charge in [0.05, 0.1) is 18.3 Å². The summed E-state index contributed by atoms with van der Waals surface area (Å²) in [5.74, 6) is -0.591. The molecular weight excluding hydrogens is 323 g/mol. The van der Waals surface area contributed by atoms with Gasteiger partial charge in [-0.25, -0.2) is 13.9 Å². The lowest BCUT2D eigenvalue weighted by Gasteiger charge is -2.24. The van der Waals surface area contributed by atoms with Crippen LogP contribution in [0.5, 0.6) is 0 Å². The number of rotatable bonds is 4. The zero-order valence-electron chi connectivity index (χ0n) is 13.4. The van der Waals surface area contributed by atoms with Gasteiger partial charge >= 0.3 is 0 Å². The Hall–Kier alpha value is -2.80. The highest BCUT2D eigenvalue weighted by Crippen LogP contribution is 2.27. The van der Waals surface area contributed by atoms with Crippen LogP contribution in [0.15, 0.2) is 48.9 Å². The number of hydrogen-bond donors (Lipinski definition) is 1. The summed E-state index contributed by atoms with van der Waals surface area (Å²) in [5, 5.41) is 7.15. The minimum Gasteiger partial charge on any atom is -0.376 e. The molecule has 25 heavy (non-hydrogen) atoms. The van der Waals surface area contributed by atoms with Gasteiger partial charge in [0.15, 0.2) is 5.65 Å². The maximum Gasteiger partial charge on any atom is 0.257 e. The van der Waals surface area contributed by atoms with Crippen molar-refractivity contribution in [1.82, 2.24) is 19.9 Å². The van der Waals surface area contributed by atoms with Crippen molar-refractivity contribution in [3.8, 4) is 0 Å². The molecule has 1 N–H and O–H groups in total. The van der Waals surface area contributed by atoms with Crippen molar-refractivity contribution >= 4 is 11.6 Å². The van der Waals surface area contributed by atoms with Crippen molar-refractivity contribution in [3.63, 3.8) is 0 Å². The fourth-order valence-electron chi connectivity index (χ4n) is 3.13. The highest BCUT2D eigenvalue weighted by molar-refractivity contribution is 5.99. The molecular formula is C18H17FN4O2. The van der Waals surface area contributed by atoms with Crippen LogP contribution in [-0.4, -0.2) is 33.2 Å². The van der Waals surface area contributed by atoms with E-state index in [1.54, 1.807) is 35.1 Å². The summed E-state index contributed by atoms with van der Waals surface area (Å²) in [5.41, 5.74) is 1.70. The lowest BCUT2D eigenvalue weighted by Crippen LogP contribution is -2.36. The van der Waals surface area contributed by atoms with Crippen molar-refractivity contribution in [2.45, 2.75) is 25.0 Å².